The predicted octanol–water partition coefficient (Wildman–Crippen LogP) is 6.06. The molecule has 1 N–H and O–H groups in total. The molecule has 3 aromatic rings. The molecule has 0 unspecified atom stereocenters. The zero-order chi connectivity index (χ0) is 24.8. The number of fused-ring (bicyclic) bond motifs is 2. The Morgan fingerprint density at radius 1 is 1.14 bits per heavy atom. The van der Waals surface area contributed by atoms with Gasteiger partial charge in [-0.1, -0.05) is 46.6 Å². The lowest BCUT2D eigenvalue weighted by Gasteiger charge is -2.33. The van der Waals surface area contributed by atoms with E-state index in [4.69, 9.17) is 32.5 Å². The largest absolute Gasteiger partial charge is 0.373 e. The number of benzene rings is 2. The van der Waals surface area contributed by atoms with Crippen LogP contribution in [-0.4, -0.2) is 40.5 Å². The molecule has 3 aliphatic rings. The Hall–Kier alpha value is -2.58. The maximum atomic E-state index is 10.6. The summed E-state index contributed by atoms with van der Waals surface area (Å²) in [5.41, 5.74) is 4.40. The number of hydrogen-bond acceptors (Lipinski definition) is 6. The number of nitrogens with zero attached hydrogens (tertiary/aromatic N) is 3. The second kappa shape index (κ2) is 9.71. The van der Waals surface area contributed by atoms with Crippen LogP contribution < -0.4 is 4.90 Å². The fourth-order valence-corrected chi connectivity index (χ4v) is 6.26. The maximum Gasteiger partial charge on any atom is 0.233 e. The first kappa shape index (κ1) is 23.8. The van der Waals surface area contributed by atoms with E-state index in [1.54, 1.807) is 0 Å². The summed E-state index contributed by atoms with van der Waals surface area (Å²) in [5.74, 6) is 1.75. The van der Waals surface area contributed by atoms with E-state index in [0.29, 0.717) is 57.3 Å². The highest BCUT2D eigenvalue weighted by Crippen LogP contribution is 2.47. The molecule has 1 saturated heterocycles. The smallest absolute Gasteiger partial charge is 0.233 e. The summed E-state index contributed by atoms with van der Waals surface area (Å²) in [7, 11) is 0. The molecule has 2 aliphatic carbocycles. The fraction of sp³-hybridized carbons (Fsp3) is 0.407. The third kappa shape index (κ3) is 4.50. The fourth-order valence-electron chi connectivity index (χ4n) is 5.68. The first-order chi connectivity index (χ1) is 17.5. The van der Waals surface area contributed by atoms with Crippen LogP contribution in [0.3, 0.4) is 0 Å². The minimum absolute atomic E-state index is 0.178. The van der Waals surface area contributed by atoms with E-state index in [-0.39, 0.29) is 12.6 Å². The van der Waals surface area contributed by atoms with Crippen molar-refractivity contribution in [3.05, 3.63) is 69.4 Å². The monoisotopic (exact) mass is 527 g/mol. The van der Waals surface area contributed by atoms with Gasteiger partial charge in [0.05, 0.1) is 29.3 Å². The van der Waals surface area contributed by atoms with E-state index < -0.39 is 0 Å². The number of halogens is 2. The summed E-state index contributed by atoms with van der Waals surface area (Å²) < 4.78 is 12.3. The predicted molar refractivity (Wildman–Crippen MR) is 136 cm³/mol. The Balaban J connectivity index is 1.14. The van der Waals surface area contributed by atoms with Crippen molar-refractivity contribution in [1.82, 2.24) is 10.2 Å². The lowest BCUT2D eigenvalue weighted by molar-refractivity contribution is -0.152. The molecule has 2 heterocycles. The molecule has 36 heavy (non-hydrogen) atoms. The zero-order valence-corrected chi connectivity index (χ0v) is 21.2. The van der Waals surface area contributed by atoms with Gasteiger partial charge in [0.1, 0.15) is 11.5 Å². The van der Waals surface area contributed by atoms with Gasteiger partial charge in [-0.2, -0.15) is 0 Å². The Bertz CT molecular complexity index is 1240. The van der Waals surface area contributed by atoms with Gasteiger partial charge in [-0.15, -0.1) is 0 Å². The van der Waals surface area contributed by atoms with Crippen molar-refractivity contribution in [2.24, 2.45) is 5.92 Å². The molecule has 1 aliphatic heterocycles. The van der Waals surface area contributed by atoms with Gasteiger partial charge in [0.2, 0.25) is 6.41 Å². The molecular formula is C27H27Cl2N3O4. The molecule has 0 spiro atoms. The second-order valence-electron chi connectivity index (χ2n) is 10.0. The van der Waals surface area contributed by atoms with E-state index in [9.17, 15) is 10.0 Å². The van der Waals surface area contributed by atoms with Crippen LogP contribution in [0.2, 0.25) is 10.0 Å². The van der Waals surface area contributed by atoms with Gasteiger partial charge in [-0.25, -0.2) is 5.06 Å². The molecule has 2 aromatic carbocycles. The summed E-state index contributed by atoms with van der Waals surface area (Å²) in [4.78, 5) is 13.1. The van der Waals surface area contributed by atoms with Crippen molar-refractivity contribution in [2.75, 3.05) is 11.4 Å². The molecule has 6 rings (SSSR count). The van der Waals surface area contributed by atoms with Gasteiger partial charge in [0.25, 0.3) is 0 Å². The lowest BCUT2D eigenvalue weighted by atomic mass is 10.0. The van der Waals surface area contributed by atoms with Gasteiger partial charge in [0.15, 0.2) is 0 Å². The summed E-state index contributed by atoms with van der Waals surface area (Å²) in [5, 5.41) is 15.5. The van der Waals surface area contributed by atoms with Crippen LogP contribution in [0.15, 0.2) is 47.0 Å². The molecule has 2 saturated carbocycles. The molecule has 7 nitrogen and oxygen atoms in total. The van der Waals surface area contributed by atoms with E-state index in [1.807, 2.05) is 30.3 Å². The highest BCUT2D eigenvalue weighted by molar-refractivity contribution is 6.39. The van der Waals surface area contributed by atoms with Gasteiger partial charge < -0.3 is 14.2 Å². The Morgan fingerprint density at radius 3 is 2.53 bits per heavy atom. The van der Waals surface area contributed by atoms with E-state index in [2.05, 4.69) is 22.2 Å². The number of aromatic nitrogens is 1. The third-order valence-corrected chi connectivity index (χ3v) is 8.25. The molecule has 2 bridgehead atoms. The highest BCUT2D eigenvalue weighted by Gasteiger charge is 2.45. The number of ether oxygens (including phenoxy) is 1. The SMILES string of the molecule is O=CN(O)Cc1ccc(N2C[C@@H]3C[C@H]2C[C@H]3OCc2c(-c3c(Cl)cccc3Cl)noc2C2CC2)cc1. The average Bonchev–Trinajstić information content (AvgIpc) is 3.33. The van der Waals surface area contributed by atoms with Gasteiger partial charge in [-0.05, 0) is 55.5 Å². The molecule has 0 radical (unpaired) electrons. The molecule has 3 fully saturated rings. The normalized spacial score (nSPS) is 22.9. The van der Waals surface area contributed by atoms with E-state index >= 15 is 0 Å². The lowest BCUT2D eigenvalue weighted by Crippen LogP contribution is -2.38. The standard InChI is InChI=1S/C27H27Cl2N3O4/c28-22-2-1-3-23(29)25(22)26-21(27(36-30-26)17-6-7-17)14-35-24-11-20-10-18(24)13-32(20)19-8-4-16(5-9-19)12-31(34)15-33/h1-5,8-9,15,17-18,20,24,34H,6-7,10-14H2/t18-,20-,24+/m0/s1. The van der Waals surface area contributed by atoms with Crippen LogP contribution in [-0.2, 0) is 22.7 Å². The third-order valence-electron chi connectivity index (χ3n) is 7.62. The summed E-state index contributed by atoms with van der Waals surface area (Å²) in [6, 6.07) is 13.9. The van der Waals surface area contributed by atoms with E-state index in [0.717, 1.165) is 54.8 Å². The quantitative estimate of drug-likeness (QED) is 0.207. The van der Waals surface area contributed by atoms with Crippen LogP contribution in [0.4, 0.5) is 5.69 Å². The molecular weight excluding hydrogens is 501 g/mol. The van der Waals surface area contributed by atoms with Crippen LogP contribution in [0, 0.1) is 5.92 Å². The summed E-state index contributed by atoms with van der Waals surface area (Å²) >= 11 is 13.0. The Morgan fingerprint density at radius 2 is 1.89 bits per heavy atom. The average molecular weight is 528 g/mol. The first-order valence-electron chi connectivity index (χ1n) is 12.3. The second-order valence-corrected chi connectivity index (χ2v) is 10.8. The van der Waals surface area contributed by atoms with Crippen molar-refractivity contribution in [3.63, 3.8) is 0 Å². The minimum Gasteiger partial charge on any atom is -0.373 e. The van der Waals surface area contributed by atoms with Crippen molar-refractivity contribution < 1.29 is 19.3 Å². The van der Waals surface area contributed by atoms with E-state index in [1.165, 1.54) is 0 Å². The number of hydroxylamine groups is 2. The van der Waals surface area contributed by atoms with Gasteiger partial charge in [0, 0.05) is 41.2 Å². The molecule has 1 amide bonds. The van der Waals surface area contributed by atoms with Gasteiger partial charge in [-0.3, -0.25) is 10.0 Å². The first-order valence-corrected chi connectivity index (χ1v) is 13.1. The van der Waals surface area contributed by atoms with Crippen LogP contribution >= 0.6 is 23.2 Å². The van der Waals surface area contributed by atoms with Crippen LogP contribution in [0.1, 0.15) is 48.5 Å². The number of amides is 1. The van der Waals surface area contributed by atoms with Gasteiger partial charge >= 0.3 is 0 Å². The van der Waals surface area contributed by atoms with Crippen LogP contribution in [0.25, 0.3) is 11.3 Å². The Labute approximate surface area is 219 Å². The molecule has 1 aromatic heterocycles. The van der Waals surface area contributed by atoms with Crippen molar-refractivity contribution >= 4 is 35.3 Å². The molecule has 9 heteroatoms. The number of anilines is 1. The summed E-state index contributed by atoms with van der Waals surface area (Å²) in [6.07, 6.45) is 4.86. The Kier molecular flexibility index (Phi) is 6.42. The highest BCUT2D eigenvalue weighted by atomic mass is 35.5. The van der Waals surface area contributed by atoms with Crippen molar-refractivity contribution in [2.45, 2.75) is 56.9 Å². The molecule has 3 atom stereocenters. The summed E-state index contributed by atoms with van der Waals surface area (Å²) in [6.45, 7) is 1.56. The molecule has 188 valence electrons. The number of carbonyl (C=O) groups is 1. The minimum atomic E-state index is 0.178. The number of carbonyl (C=O) groups excluding carboxylic acids is 1. The topological polar surface area (TPSA) is 79.0 Å². The van der Waals surface area contributed by atoms with Crippen molar-refractivity contribution in [1.29, 1.82) is 0 Å². The van der Waals surface area contributed by atoms with Crippen LogP contribution in [0.5, 0.6) is 0 Å². The number of hydrogen-bond donors (Lipinski definition) is 1. The van der Waals surface area contributed by atoms with Crippen molar-refractivity contribution in [3.8, 4) is 11.3 Å². The number of piperidine rings is 1. The maximum absolute atomic E-state index is 10.6. The number of rotatable bonds is 9. The zero-order valence-electron chi connectivity index (χ0n) is 19.6.